The van der Waals surface area contributed by atoms with Crippen molar-refractivity contribution < 1.29 is 14.6 Å². The molecule has 2 N–H and O–H groups in total. The van der Waals surface area contributed by atoms with E-state index in [1.165, 1.54) is 6.08 Å². The van der Waals surface area contributed by atoms with Gasteiger partial charge in [-0.2, -0.15) is 5.26 Å². The van der Waals surface area contributed by atoms with Crippen LogP contribution in [0.5, 0.6) is 5.75 Å². The predicted molar refractivity (Wildman–Crippen MR) is 99.1 cm³/mol. The maximum atomic E-state index is 12.1. The fraction of sp³-hybridized carbons (Fsp3) is 0.333. The Bertz CT molecular complexity index is 647. The van der Waals surface area contributed by atoms with Crippen LogP contribution in [0.4, 0.5) is 0 Å². The molecule has 1 aromatic rings. The molecule has 1 amide bonds. The van der Waals surface area contributed by atoms with Gasteiger partial charge in [0.25, 0.3) is 5.91 Å². The van der Waals surface area contributed by atoms with Crippen LogP contribution in [-0.4, -0.2) is 30.3 Å². The summed E-state index contributed by atoms with van der Waals surface area (Å²) in [6.45, 7) is 1.12. The molecular weight excluding hydrogens is 510 g/mol. The van der Waals surface area contributed by atoms with Crippen molar-refractivity contribution in [2.75, 3.05) is 13.2 Å². The number of carbonyl (C=O) groups excluding carboxylic acids is 1. The van der Waals surface area contributed by atoms with Crippen molar-refractivity contribution in [3.05, 3.63) is 30.4 Å². The monoisotopic (exact) mass is 524 g/mol. The number of hydrogen-bond donors (Lipinski definition) is 2. The number of phenolic OH excluding ortho intramolecular Hbond substituents is 1. The quantitative estimate of drug-likeness (QED) is 0.361. The standard InChI is InChI=1S/C15H14I2N2O3/c16-11-5-9(14(20)13(17)6-11)4-10(7-18)15(21)19-8-12-2-1-3-22-12/h4-6,12,20H,1-3,8H2,(H,19,21)/b10-4+/t12-/m1/s1. The third kappa shape index (κ3) is 4.57. The minimum absolute atomic E-state index is 0.0240. The van der Waals surface area contributed by atoms with Gasteiger partial charge in [0, 0.05) is 22.3 Å². The van der Waals surface area contributed by atoms with Crippen LogP contribution in [0.3, 0.4) is 0 Å². The van der Waals surface area contributed by atoms with E-state index in [0.29, 0.717) is 15.7 Å². The molecule has 0 spiro atoms. The highest BCUT2D eigenvalue weighted by Crippen LogP contribution is 2.28. The molecule has 1 saturated heterocycles. The van der Waals surface area contributed by atoms with E-state index in [1.54, 1.807) is 6.07 Å². The van der Waals surface area contributed by atoms with E-state index >= 15 is 0 Å². The molecule has 1 heterocycles. The third-order valence-corrected chi connectivity index (χ3v) is 4.68. The van der Waals surface area contributed by atoms with Crippen LogP contribution in [-0.2, 0) is 9.53 Å². The predicted octanol–water partition coefficient (Wildman–Crippen LogP) is 2.80. The van der Waals surface area contributed by atoms with Gasteiger partial charge < -0.3 is 15.2 Å². The first-order chi connectivity index (χ1) is 10.5. The van der Waals surface area contributed by atoms with Crippen LogP contribution in [0.25, 0.3) is 6.08 Å². The summed E-state index contributed by atoms with van der Waals surface area (Å²) in [6.07, 6.45) is 3.35. The van der Waals surface area contributed by atoms with Crippen LogP contribution in [0.15, 0.2) is 17.7 Å². The highest BCUT2D eigenvalue weighted by atomic mass is 127. The summed E-state index contributed by atoms with van der Waals surface area (Å²) >= 11 is 4.13. The summed E-state index contributed by atoms with van der Waals surface area (Å²) in [5.41, 5.74) is 0.422. The largest absolute Gasteiger partial charge is 0.506 e. The number of amides is 1. The Balaban J connectivity index is 2.13. The summed E-state index contributed by atoms with van der Waals surface area (Å²) in [6, 6.07) is 5.43. The maximum absolute atomic E-state index is 12.1. The zero-order valence-corrected chi connectivity index (χ0v) is 15.9. The van der Waals surface area contributed by atoms with Crippen LogP contribution in [0.1, 0.15) is 18.4 Å². The van der Waals surface area contributed by atoms with Crippen LogP contribution in [0, 0.1) is 18.5 Å². The summed E-state index contributed by atoms with van der Waals surface area (Å²) in [7, 11) is 0. The number of nitrogens with one attached hydrogen (secondary N) is 1. The van der Waals surface area contributed by atoms with E-state index in [2.05, 4.69) is 27.9 Å². The number of ether oxygens (including phenoxy) is 1. The van der Waals surface area contributed by atoms with Gasteiger partial charge in [0.15, 0.2) is 0 Å². The Morgan fingerprint density at radius 2 is 2.32 bits per heavy atom. The topological polar surface area (TPSA) is 82.3 Å². The smallest absolute Gasteiger partial charge is 0.262 e. The molecule has 0 radical (unpaired) electrons. The molecule has 116 valence electrons. The highest BCUT2D eigenvalue weighted by Gasteiger charge is 2.18. The number of nitriles is 1. The average molecular weight is 524 g/mol. The zero-order valence-electron chi connectivity index (χ0n) is 11.6. The summed E-state index contributed by atoms with van der Waals surface area (Å²) in [5.74, 6) is -0.382. The van der Waals surface area contributed by atoms with Gasteiger partial charge >= 0.3 is 0 Å². The minimum Gasteiger partial charge on any atom is -0.506 e. The first-order valence-corrected chi connectivity index (χ1v) is 8.86. The van der Waals surface area contributed by atoms with Crippen molar-refractivity contribution in [1.29, 1.82) is 5.26 Å². The van der Waals surface area contributed by atoms with E-state index < -0.39 is 5.91 Å². The minimum atomic E-state index is -0.453. The van der Waals surface area contributed by atoms with Gasteiger partial charge in [-0.15, -0.1) is 0 Å². The van der Waals surface area contributed by atoms with Gasteiger partial charge in [0.1, 0.15) is 17.4 Å². The molecule has 0 aliphatic carbocycles. The van der Waals surface area contributed by atoms with E-state index in [9.17, 15) is 15.2 Å². The number of carbonyl (C=O) groups is 1. The first kappa shape index (κ1) is 17.5. The normalized spacial score (nSPS) is 18.0. The number of rotatable bonds is 4. The van der Waals surface area contributed by atoms with Gasteiger partial charge in [-0.25, -0.2) is 0 Å². The number of benzene rings is 1. The Morgan fingerprint density at radius 1 is 1.55 bits per heavy atom. The fourth-order valence-electron chi connectivity index (χ4n) is 2.11. The molecule has 5 nitrogen and oxygen atoms in total. The Labute approximate surface area is 156 Å². The molecule has 1 atom stereocenters. The SMILES string of the molecule is N#C/C(=C\c1cc(I)cc(I)c1O)C(=O)NC[C@H]1CCCO1. The summed E-state index contributed by atoms with van der Waals surface area (Å²) in [5, 5.41) is 21.9. The number of halogens is 2. The Kier molecular flexibility index (Phi) is 6.46. The van der Waals surface area contributed by atoms with Crippen LogP contribution in [0.2, 0.25) is 0 Å². The molecule has 2 rings (SSSR count). The van der Waals surface area contributed by atoms with Gasteiger partial charge in [-0.1, -0.05) is 0 Å². The number of hydrogen-bond acceptors (Lipinski definition) is 4. The lowest BCUT2D eigenvalue weighted by atomic mass is 10.1. The maximum Gasteiger partial charge on any atom is 0.262 e. The molecule has 0 saturated carbocycles. The third-order valence-electron chi connectivity index (χ3n) is 3.24. The highest BCUT2D eigenvalue weighted by molar-refractivity contribution is 14.1. The van der Waals surface area contributed by atoms with Crippen molar-refractivity contribution in [1.82, 2.24) is 5.32 Å². The lowest BCUT2D eigenvalue weighted by molar-refractivity contribution is -0.117. The van der Waals surface area contributed by atoms with Crippen LogP contribution < -0.4 is 5.32 Å². The van der Waals surface area contributed by atoms with Crippen LogP contribution >= 0.6 is 45.2 Å². The second kappa shape index (κ2) is 8.12. The molecule has 1 aliphatic heterocycles. The fourth-order valence-corrected chi connectivity index (χ4v) is 4.00. The number of phenols is 1. The second-order valence-corrected chi connectivity index (χ2v) is 7.25. The van der Waals surface area contributed by atoms with E-state index in [4.69, 9.17) is 4.74 Å². The molecule has 7 heteroatoms. The van der Waals surface area contributed by atoms with Crippen molar-refractivity contribution in [3.8, 4) is 11.8 Å². The van der Waals surface area contributed by atoms with Gasteiger partial charge in [0.2, 0.25) is 0 Å². The van der Waals surface area contributed by atoms with E-state index in [1.807, 2.05) is 34.7 Å². The van der Waals surface area contributed by atoms with Crippen molar-refractivity contribution in [2.45, 2.75) is 18.9 Å². The number of nitrogens with zero attached hydrogens (tertiary/aromatic N) is 1. The first-order valence-electron chi connectivity index (χ1n) is 6.71. The van der Waals surface area contributed by atoms with Crippen molar-refractivity contribution >= 4 is 57.2 Å². The van der Waals surface area contributed by atoms with E-state index in [-0.39, 0.29) is 17.4 Å². The molecule has 22 heavy (non-hydrogen) atoms. The molecule has 0 bridgehead atoms. The summed E-state index contributed by atoms with van der Waals surface area (Å²) in [4.78, 5) is 12.1. The molecule has 0 aromatic heterocycles. The zero-order chi connectivity index (χ0) is 16.1. The van der Waals surface area contributed by atoms with Gasteiger partial charge in [-0.05, 0) is 76.2 Å². The average Bonchev–Trinajstić information content (AvgIpc) is 3.00. The lowest BCUT2D eigenvalue weighted by Crippen LogP contribution is -2.32. The molecule has 1 aliphatic rings. The molecule has 1 fully saturated rings. The van der Waals surface area contributed by atoms with Gasteiger partial charge in [-0.3, -0.25) is 4.79 Å². The second-order valence-electron chi connectivity index (χ2n) is 4.84. The molecule has 1 aromatic carbocycles. The lowest BCUT2D eigenvalue weighted by Gasteiger charge is -2.10. The van der Waals surface area contributed by atoms with Crippen molar-refractivity contribution in [2.24, 2.45) is 0 Å². The summed E-state index contributed by atoms with van der Waals surface area (Å²) < 4.78 is 7.02. The van der Waals surface area contributed by atoms with Gasteiger partial charge in [0.05, 0.1) is 9.67 Å². The molecular formula is C15H14I2N2O3. The molecule has 0 unspecified atom stereocenters. The number of aromatic hydroxyl groups is 1. The Morgan fingerprint density at radius 3 is 2.95 bits per heavy atom. The van der Waals surface area contributed by atoms with Crippen molar-refractivity contribution in [3.63, 3.8) is 0 Å². The van der Waals surface area contributed by atoms with E-state index in [0.717, 1.165) is 23.0 Å². The Hall–Kier alpha value is -0.860.